The third-order valence-electron chi connectivity index (χ3n) is 3.45. The smallest absolute Gasteiger partial charge is 0.220 e. The Hall–Kier alpha value is -2.21. The van der Waals surface area contributed by atoms with Crippen molar-refractivity contribution < 1.29 is 24.5 Å². The summed E-state index contributed by atoms with van der Waals surface area (Å²) in [7, 11) is 2.61. The molecule has 0 fully saturated rings. The first kappa shape index (κ1) is 16.2. The summed E-state index contributed by atoms with van der Waals surface area (Å²) in [5.41, 5.74) is 0.944. The van der Waals surface area contributed by atoms with Crippen LogP contribution in [0.25, 0.3) is 5.76 Å². The number of aliphatic hydroxyl groups excluding tert-OH is 1. The number of ketones is 1. The van der Waals surface area contributed by atoms with Crippen LogP contribution < -0.4 is 0 Å². The van der Waals surface area contributed by atoms with Crippen LogP contribution in [0.4, 0.5) is 0 Å². The number of hydrogen-bond acceptors (Lipinski definition) is 5. The Morgan fingerprint density at radius 3 is 2.55 bits per heavy atom. The fourth-order valence-electron chi connectivity index (χ4n) is 2.18. The highest BCUT2D eigenvalue weighted by atomic mass is 16.6. The van der Waals surface area contributed by atoms with Crippen LogP contribution in [0.1, 0.15) is 5.56 Å². The van der Waals surface area contributed by atoms with Crippen molar-refractivity contribution in [2.24, 2.45) is 0 Å². The van der Waals surface area contributed by atoms with Gasteiger partial charge in [0.1, 0.15) is 5.76 Å². The van der Waals surface area contributed by atoms with E-state index in [0.717, 1.165) is 0 Å². The molecule has 1 aromatic carbocycles. The molecular formula is C17H18O5. The first-order chi connectivity index (χ1) is 10.5. The minimum absolute atomic E-state index is 0.0378. The van der Waals surface area contributed by atoms with Crippen molar-refractivity contribution in [3.63, 3.8) is 0 Å². The Bertz CT molecular complexity index is 630. The van der Waals surface area contributed by atoms with E-state index in [0.29, 0.717) is 11.1 Å². The Morgan fingerprint density at radius 1 is 1.27 bits per heavy atom. The van der Waals surface area contributed by atoms with Crippen LogP contribution in [0.15, 0.2) is 60.2 Å². The van der Waals surface area contributed by atoms with E-state index in [1.807, 2.05) is 6.07 Å². The fraction of sp³-hybridized carbons (Fsp3) is 0.235. The predicted octanol–water partition coefficient (Wildman–Crippen LogP) is 2.00. The molecule has 5 heteroatoms. The maximum Gasteiger partial charge on any atom is 0.220 e. The second-order valence-corrected chi connectivity index (χ2v) is 4.81. The van der Waals surface area contributed by atoms with E-state index in [1.54, 1.807) is 24.3 Å². The van der Waals surface area contributed by atoms with Gasteiger partial charge in [-0.3, -0.25) is 4.79 Å². The quantitative estimate of drug-likeness (QED) is 0.505. The lowest BCUT2D eigenvalue weighted by Crippen LogP contribution is -2.50. The van der Waals surface area contributed by atoms with E-state index in [9.17, 15) is 15.0 Å². The Kier molecular flexibility index (Phi) is 4.92. The van der Waals surface area contributed by atoms with Gasteiger partial charge >= 0.3 is 0 Å². The molecule has 0 bridgehead atoms. The SMILES string of the molecule is COC1C(=O)C(=CC=C(O)c2ccccc2)C=CC1(O)OC. The standard InChI is InChI=1S/C17H18O5/c1-21-16-15(19)13(10-11-17(16,20)22-2)8-9-14(18)12-6-4-3-5-7-12/h3-11,16,18,20H,1-2H3. The number of carbonyl (C=O) groups excluding carboxylic acids is 1. The van der Waals surface area contributed by atoms with Crippen molar-refractivity contribution in [1.82, 2.24) is 0 Å². The molecule has 0 heterocycles. The van der Waals surface area contributed by atoms with Crippen LogP contribution in [0.5, 0.6) is 0 Å². The lowest BCUT2D eigenvalue weighted by Gasteiger charge is -2.33. The first-order valence-corrected chi connectivity index (χ1v) is 6.72. The number of rotatable bonds is 4. The molecule has 0 aliphatic heterocycles. The lowest BCUT2D eigenvalue weighted by molar-refractivity contribution is -0.213. The highest BCUT2D eigenvalue weighted by Gasteiger charge is 2.43. The van der Waals surface area contributed by atoms with Crippen molar-refractivity contribution in [3.8, 4) is 0 Å². The Balaban J connectivity index is 2.30. The zero-order valence-electron chi connectivity index (χ0n) is 12.4. The van der Waals surface area contributed by atoms with Crippen LogP contribution in [0, 0.1) is 0 Å². The fourth-order valence-corrected chi connectivity index (χ4v) is 2.18. The first-order valence-electron chi connectivity index (χ1n) is 6.72. The van der Waals surface area contributed by atoms with E-state index in [1.165, 1.54) is 38.5 Å². The van der Waals surface area contributed by atoms with Crippen molar-refractivity contribution in [3.05, 3.63) is 65.8 Å². The molecule has 116 valence electrons. The summed E-state index contributed by atoms with van der Waals surface area (Å²) in [4.78, 5) is 12.3. The minimum atomic E-state index is -1.78. The molecule has 1 aliphatic carbocycles. The van der Waals surface area contributed by atoms with Gasteiger partial charge in [0, 0.05) is 25.4 Å². The topological polar surface area (TPSA) is 76.0 Å². The summed E-state index contributed by atoms with van der Waals surface area (Å²) in [5, 5.41) is 20.1. The maximum absolute atomic E-state index is 12.3. The molecule has 2 unspecified atom stereocenters. The number of benzene rings is 1. The van der Waals surface area contributed by atoms with E-state index < -0.39 is 17.7 Å². The van der Waals surface area contributed by atoms with Crippen LogP contribution in [0.2, 0.25) is 0 Å². The lowest BCUT2D eigenvalue weighted by atomic mass is 9.92. The van der Waals surface area contributed by atoms with Gasteiger partial charge in [0.25, 0.3) is 0 Å². The molecule has 5 nitrogen and oxygen atoms in total. The Morgan fingerprint density at radius 2 is 1.95 bits per heavy atom. The maximum atomic E-state index is 12.3. The molecule has 2 rings (SSSR count). The number of allylic oxidation sites excluding steroid dienone is 3. The molecule has 0 aromatic heterocycles. The van der Waals surface area contributed by atoms with Gasteiger partial charge in [-0.2, -0.15) is 0 Å². The van der Waals surface area contributed by atoms with Gasteiger partial charge in [-0.25, -0.2) is 0 Å². The molecule has 2 N–H and O–H groups in total. The minimum Gasteiger partial charge on any atom is -0.507 e. The van der Waals surface area contributed by atoms with Gasteiger partial charge in [0.15, 0.2) is 11.9 Å². The summed E-state index contributed by atoms with van der Waals surface area (Å²) in [6.07, 6.45) is 4.54. The molecule has 0 amide bonds. The number of hydrogen-bond donors (Lipinski definition) is 2. The summed E-state index contributed by atoms with van der Waals surface area (Å²) in [5.74, 6) is -2.17. The van der Waals surface area contributed by atoms with E-state index >= 15 is 0 Å². The van der Waals surface area contributed by atoms with Crippen LogP contribution >= 0.6 is 0 Å². The number of carbonyl (C=O) groups is 1. The molecule has 0 radical (unpaired) electrons. The summed E-state index contributed by atoms with van der Waals surface area (Å²) < 4.78 is 9.96. The average molecular weight is 302 g/mol. The van der Waals surface area contributed by atoms with Crippen molar-refractivity contribution >= 4 is 11.5 Å². The van der Waals surface area contributed by atoms with Gasteiger partial charge in [0.05, 0.1) is 0 Å². The third-order valence-corrected chi connectivity index (χ3v) is 3.45. The number of methoxy groups -OCH3 is 2. The van der Waals surface area contributed by atoms with E-state index in [2.05, 4.69) is 0 Å². The second-order valence-electron chi connectivity index (χ2n) is 4.81. The average Bonchev–Trinajstić information content (AvgIpc) is 2.55. The van der Waals surface area contributed by atoms with Gasteiger partial charge in [-0.15, -0.1) is 0 Å². The zero-order valence-corrected chi connectivity index (χ0v) is 12.4. The molecule has 1 aliphatic rings. The Labute approximate surface area is 128 Å². The number of ether oxygens (including phenoxy) is 2. The van der Waals surface area contributed by atoms with Crippen LogP contribution in [0.3, 0.4) is 0 Å². The summed E-state index contributed by atoms with van der Waals surface area (Å²) >= 11 is 0. The summed E-state index contributed by atoms with van der Waals surface area (Å²) in [6, 6.07) is 8.96. The van der Waals surface area contributed by atoms with Crippen LogP contribution in [-0.4, -0.2) is 42.1 Å². The summed E-state index contributed by atoms with van der Waals surface area (Å²) in [6.45, 7) is 0. The van der Waals surface area contributed by atoms with Crippen molar-refractivity contribution in [2.45, 2.75) is 11.9 Å². The van der Waals surface area contributed by atoms with E-state index in [4.69, 9.17) is 9.47 Å². The van der Waals surface area contributed by atoms with Gasteiger partial charge in [-0.1, -0.05) is 30.3 Å². The normalized spacial score (nSPS) is 27.4. The molecule has 2 atom stereocenters. The van der Waals surface area contributed by atoms with Crippen molar-refractivity contribution in [2.75, 3.05) is 14.2 Å². The predicted molar refractivity (Wildman–Crippen MR) is 82.0 cm³/mol. The number of Topliss-reactive ketones (excluding diaryl/α,β-unsaturated/α-hetero) is 1. The monoisotopic (exact) mass is 302 g/mol. The highest BCUT2D eigenvalue weighted by molar-refractivity contribution is 6.03. The molecular weight excluding hydrogens is 284 g/mol. The van der Waals surface area contributed by atoms with Crippen LogP contribution in [-0.2, 0) is 14.3 Å². The largest absolute Gasteiger partial charge is 0.507 e. The second kappa shape index (κ2) is 6.70. The molecule has 0 saturated carbocycles. The van der Waals surface area contributed by atoms with E-state index in [-0.39, 0.29) is 5.76 Å². The van der Waals surface area contributed by atoms with Crippen molar-refractivity contribution in [1.29, 1.82) is 0 Å². The zero-order chi connectivity index (χ0) is 16.2. The number of aliphatic hydroxyl groups is 2. The van der Waals surface area contributed by atoms with Gasteiger partial charge < -0.3 is 19.7 Å². The molecule has 1 aromatic rings. The molecule has 0 saturated heterocycles. The molecule has 22 heavy (non-hydrogen) atoms. The van der Waals surface area contributed by atoms with Gasteiger partial charge in [0.2, 0.25) is 5.79 Å². The third kappa shape index (κ3) is 3.17. The molecule has 0 spiro atoms. The van der Waals surface area contributed by atoms with Gasteiger partial charge in [-0.05, 0) is 24.3 Å². The highest BCUT2D eigenvalue weighted by Crippen LogP contribution is 2.26.